The summed E-state index contributed by atoms with van der Waals surface area (Å²) in [7, 11) is 1.61. The van der Waals surface area contributed by atoms with E-state index in [-0.39, 0.29) is 11.2 Å². The second kappa shape index (κ2) is 8.39. The normalized spacial score (nSPS) is 14.8. The molecule has 0 aliphatic heterocycles. The average Bonchev–Trinajstić information content (AvgIpc) is 2.32. The van der Waals surface area contributed by atoms with Crippen LogP contribution >= 0.6 is 11.8 Å². The minimum Gasteiger partial charge on any atom is -0.480 e. The van der Waals surface area contributed by atoms with Gasteiger partial charge in [0.25, 0.3) is 0 Å². The summed E-state index contributed by atoms with van der Waals surface area (Å²) >= 11 is 1.26. The number of nitrogens with one attached hydrogen (secondary N) is 1. The highest BCUT2D eigenvalue weighted by molar-refractivity contribution is 8.02. The first-order chi connectivity index (χ1) is 8.72. The van der Waals surface area contributed by atoms with E-state index in [2.05, 4.69) is 5.32 Å². The first kappa shape index (κ1) is 18.2. The van der Waals surface area contributed by atoms with Crippen molar-refractivity contribution in [3.63, 3.8) is 0 Å². The molecule has 0 fully saturated rings. The second-order valence-corrected chi connectivity index (χ2v) is 6.81. The van der Waals surface area contributed by atoms with Crippen LogP contribution in [0.1, 0.15) is 27.2 Å². The lowest BCUT2D eigenvalue weighted by Crippen LogP contribution is -2.48. The average molecular weight is 292 g/mol. The Morgan fingerprint density at radius 1 is 1.47 bits per heavy atom. The Bertz CT molecular complexity index is 310. The number of amides is 1. The van der Waals surface area contributed by atoms with E-state index >= 15 is 0 Å². The highest BCUT2D eigenvalue weighted by atomic mass is 32.2. The molecule has 0 spiro atoms. The fourth-order valence-electron chi connectivity index (χ4n) is 1.45. The van der Waals surface area contributed by atoms with Crippen LogP contribution in [0.25, 0.3) is 0 Å². The zero-order valence-electron chi connectivity index (χ0n) is 11.9. The molecule has 4 N–H and O–H groups in total. The molecule has 7 heteroatoms. The third-order valence-corrected chi connectivity index (χ3v) is 4.12. The molecule has 0 heterocycles. The van der Waals surface area contributed by atoms with E-state index in [0.29, 0.717) is 13.2 Å². The number of carboxylic acids is 1. The van der Waals surface area contributed by atoms with E-state index in [4.69, 9.17) is 15.6 Å². The lowest BCUT2D eigenvalue weighted by atomic mass is 10.1. The van der Waals surface area contributed by atoms with E-state index in [0.717, 1.165) is 6.42 Å². The van der Waals surface area contributed by atoms with Crippen LogP contribution in [0, 0.1) is 0 Å². The number of rotatable bonds is 9. The molecule has 2 atom stereocenters. The first-order valence-electron chi connectivity index (χ1n) is 6.15. The summed E-state index contributed by atoms with van der Waals surface area (Å²) in [6, 6.07) is -1.01. The summed E-state index contributed by atoms with van der Waals surface area (Å²) in [6.07, 6.45) is 0.748. The smallest absolute Gasteiger partial charge is 0.321 e. The van der Waals surface area contributed by atoms with Crippen LogP contribution < -0.4 is 11.1 Å². The largest absolute Gasteiger partial charge is 0.480 e. The van der Waals surface area contributed by atoms with Gasteiger partial charge in [0.05, 0.1) is 5.25 Å². The number of carboxylic acid groups (broad SMARTS) is 1. The molecular weight excluding hydrogens is 268 g/mol. The van der Waals surface area contributed by atoms with Gasteiger partial charge in [-0.2, -0.15) is 0 Å². The van der Waals surface area contributed by atoms with Gasteiger partial charge in [-0.05, 0) is 27.2 Å². The van der Waals surface area contributed by atoms with Crippen molar-refractivity contribution in [2.75, 3.05) is 20.3 Å². The summed E-state index contributed by atoms with van der Waals surface area (Å²) in [5, 5.41) is 11.3. The SMILES string of the molecule is COCCCNC(=O)C(C)SC(C)(C)[C@@H](N)C(=O)O. The molecular formula is C12H24N2O4S. The molecule has 0 aliphatic rings. The van der Waals surface area contributed by atoms with Crippen LogP contribution in [0.15, 0.2) is 0 Å². The zero-order chi connectivity index (χ0) is 15.1. The van der Waals surface area contributed by atoms with Gasteiger partial charge in [0.1, 0.15) is 6.04 Å². The second-order valence-electron chi connectivity index (χ2n) is 4.82. The molecule has 0 aromatic heterocycles. The molecule has 1 unspecified atom stereocenters. The Labute approximate surface area is 118 Å². The highest BCUT2D eigenvalue weighted by Gasteiger charge is 2.35. The van der Waals surface area contributed by atoms with Crippen LogP contribution in [0.3, 0.4) is 0 Å². The lowest BCUT2D eigenvalue weighted by molar-refractivity contribution is -0.139. The molecule has 0 saturated carbocycles. The van der Waals surface area contributed by atoms with Crippen LogP contribution in [0.4, 0.5) is 0 Å². The minimum atomic E-state index is -1.06. The minimum absolute atomic E-state index is 0.119. The van der Waals surface area contributed by atoms with Crippen molar-refractivity contribution in [2.45, 2.75) is 43.2 Å². The number of carbonyl (C=O) groups is 2. The topological polar surface area (TPSA) is 102 Å². The van der Waals surface area contributed by atoms with Crippen molar-refractivity contribution in [1.82, 2.24) is 5.32 Å². The van der Waals surface area contributed by atoms with Crippen molar-refractivity contribution in [1.29, 1.82) is 0 Å². The maximum Gasteiger partial charge on any atom is 0.321 e. The molecule has 0 rings (SSSR count). The molecule has 19 heavy (non-hydrogen) atoms. The number of aliphatic carboxylic acids is 1. The standard InChI is InChI=1S/C12H24N2O4S/c1-8(10(15)14-6-5-7-18-4)19-12(2,3)9(13)11(16)17/h8-9H,5-7,13H2,1-4H3,(H,14,15)(H,16,17)/t8?,9-/m0/s1. The molecule has 6 nitrogen and oxygen atoms in total. The Kier molecular flexibility index (Phi) is 8.05. The Hall–Kier alpha value is -0.790. The van der Waals surface area contributed by atoms with Gasteiger partial charge in [-0.15, -0.1) is 11.8 Å². The van der Waals surface area contributed by atoms with Crippen molar-refractivity contribution >= 4 is 23.6 Å². The molecule has 0 aromatic rings. The molecule has 0 saturated heterocycles. The fourth-order valence-corrected chi connectivity index (χ4v) is 2.80. The van der Waals surface area contributed by atoms with E-state index in [1.807, 2.05) is 0 Å². The van der Waals surface area contributed by atoms with Crippen LogP contribution in [-0.2, 0) is 14.3 Å². The van der Waals surface area contributed by atoms with Crippen molar-refractivity contribution in [3.05, 3.63) is 0 Å². The number of carbonyl (C=O) groups excluding carboxylic acids is 1. The van der Waals surface area contributed by atoms with Gasteiger partial charge in [0, 0.05) is 25.0 Å². The third kappa shape index (κ3) is 6.79. The Balaban J connectivity index is 4.23. The van der Waals surface area contributed by atoms with Crippen molar-refractivity contribution in [2.24, 2.45) is 5.73 Å². The van der Waals surface area contributed by atoms with Crippen molar-refractivity contribution in [3.8, 4) is 0 Å². The summed E-state index contributed by atoms with van der Waals surface area (Å²) in [4.78, 5) is 22.7. The van der Waals surface area contributed by atoms with Crippen molar-refractivity contribution < 1.29 is 19.4 Å². The van der Waals surface area contributed by atoms with Crippen LogP contribution in [-0.4, -0.2) is 53.3 Å². The maximum absolute atomic E-state index is 11.8. The third-order valence-electron chi connectivity index (χ3n) is 2.69. The van der Waals surface area contributed by atoms with Gasteiger partial charge >= 0.3 is 5.97 Å². The summed E-state index contributed by atoms with van der Waals surface area (Å²) < 4.78 is 4.17. The number of hydrogen-bond acceptors (Lipinski definition) is 5. The molecule has 0 radical (unpaired) electrons. The summed E-state index contributed by atoms with van der Waals surface area (Å²) in [6.45, 7) is 6.34. The van der Waals surface area contributed by atoms with E-state index < -0.39 is 16.8 Å². The predicted molar refractivity (Wildman–Crippen MR) is 76.2 cm³/mol. The van der Waals surface area contributed by atoms with E-state index in [1.54, 1.807) is 27.9 Å². The highest BCUT2D eigenvalue weighted by Crippen LogP contribution is 2.31. The fraction of sp³-hybridized carbons (Fsp3) is 0.833. The van der Waals surface area contributed by atoms with Gasteiger partial charge in [0.2, 0.25) is 5.91 Å². The quantitative estimate of drug-likeness (QED) is 0.533. The van der Waals surface area contributed by atoms with Crippen LogP contribution in [0.2, 0.25) is 0 Å². The predicted octanol–water partition coefficient (Wildman–Crippen LogP) is 0.451. The van der Waals surface area contributed by atoms with E-state index in [9.17, 15) is 9.59 Å². The molecule has 0 aromatic carbocycles. The number of hydrogen-bond donors (Lipinski definition) is 3. The maximum atomic E-state index is 11.8. The Morgan fingerprint density at radius 3 is 2.53 bits per heavy atom. The molecule has 0 aliphatic carbocycles. The molecule has 0 bridgehead atoms. The Morgan fingerprint density at radius 2 is 2.05 bits per heavy atom. The number of ether oxygens (including phenoxy) is 1. The van der Waals surface area contributed by atoms with Gasteiger partial charge in [-0.1, -0.05) is 0 Å². The van der Waals surface area contributed by atoms with Gasteiger partial charge in [0.15, 0.2) is 0 Å². The molecule has 112 valence electrons. The van der Waals surface area contributed by atoms with Gasteiger partial charge in [-0.3, -0.25) is 9.59 Å². The summed E-state index contributed by atoms with van der Waals surface area (Å²) in [5.74, 6) is -1.18. The van der Waals surface area contributed by atoms with Gasteiger partial charge < -0.3 is 20.9 Å². The number of thioether (sulfide) groups is 1. The molecule has 1 amide bonds. The number of nitrogens with two attached hydrogens (primary N) is 1. The van der Waals surface area contributed by atoms with Gasteiger partial charge in [-0.25, -0.2) is 0 Å². The lowest BCUT2D eigenvalue weighted by Gasteiger charge is -2.30. The first-order valence-corrected chi connectivity index (χ1v) is 7.03. The number of methoxy groups -OCH3 is 1. The van der Waals surface area contributed by atoms with Crippen LogP contribution in [0.5, 0.6) is 0 Å². The monoisotopic (exact) mass is 292 g/mol. The summed E-state index contributed by atoms with van der Waals surface area (Å²) in [5.41, 5.74) is 5.61. The zero-order valence-corrected chi connectivity index (χ0v) is 12.8. The van der Waals surface area contributed by atoms with E-state index in [1.165, 1.54) is 11.8 Å².